The van der Waals surface area contributed by atoms with E-state index < -0.39 is 6.55 Å². The molecule has 0 radical (unpaired) electrons. The Bertz CT molecular complexity index is 1120. The molecule has 0 aliphatic carbocycles. The number of rotatable bonds is 5. The SMILES string of the molecule is Cc1nc(N2CCC3(CC2)Cn2nccc2[C@H]3N)c(CO)nc1Sc1ccnn1C(F)F. The Kier molecular flexibility index (Phi) is 5.38. The van der Waals surface area contributed by atoms with E-state index in [4.69, 9.17) is 10.7 Å². The van der Waals surface area contributed by atoms with Crippen LogP contribution in [0.1, 0.15) is 42.5 Å². The summed E-state index contributed by atoms with van der Waals surface area (Å²) in [5.74, 6) is 0.635. The quantitative estimate of drug-likeness (QED) is 0.595. The van der Waals surface area contributed by atoms with E-state index in [9.17, 15) is 13.9 Å². The molecule has 0 saturated carbocycles. The summed E-state index contributed by atoms with van der Waals surface area (Å²) in [7, 11) is 0. The summed E-state index contributed by atoms with van der Waals surface area (Å²) in [6.45, 7) is 1.06. The molecule has 12 heteroatoms. The topological polar surface area (TPSA) is 111 Å². The number of nitrogens with two attached hydrogens (primary N) is 1. The molecule has 5 rings (SSSR count). The van der Waals surface area contributed by atoms with Gasteiger partial charge in [-0.15, -0.1) is 0 Å². The fraction of sp³-hybridized carbons (Fsp3) is 0.500. The molecular formula is C20H24F2N8OS. The van der Waals surface area contributed by atoms with Crippen molar-refractivity contribution in [1.29, 1.82) is 0 Å². The lowest BCUT2D eigenvalue weighted by atomic mass is 9.73. The molecule has 170 valence electrons. The molecule has 32 heavy (non-hydrogen) atoms. The molecule has 5 heterocycles. The standard InChI is InChI=1S/C20H24F2N8OS/c1-12-18(32-15-3-7-25-30(15)19(21)22)27-13(10-31)17(26-12)28-8-4-20(5-9-28)11-29-14(16(20)23)2-6-24-29/h2-3,6-7,16,19,31H,4-5,8-11,23H2,1H3/t16-/m1/s1. The van der Waals surface area contributed by atoms with Crippen LogP contribution in [0.4, 0.5) is 14.6 Å². The third kappa shape index (κ3) is 3.46. The molecule has 0 aromatic carbocycles. The van der Waals surface area contributed by atoms with Gasteiger partial charge in [0.05, 0.1) is 30.2 Å². The van der Waals surface area contributed by atoms with Crippen LogP contribution in [0, 0.1) is 12.3 Å². The smallest absolute Gasteiger partial charge is 0.334 e. The van der Waals surface area contributed by atoms with Crippen molar-refractivity contribution in [2.75, 3.05) is 18.0 Å². The van der Waals surface area contributed by atoms with E-state index in [0.717, 1.165) is 49.9 Å². The van der Waals surface area contributed by atoms with Crippen molar-refractivity contribution in [2.24, 2.45) is 11.1 Å². The molecule has 2 aliphatic heterocycles. The van der Waals surface area contributed by atoms with Gasteiger partial charge < -0.3 is 15.7 Å². The highest BCUT2D eigenvalue weighted by molar-refractivity contribution is 7.99. The summed E-state index contributed by atoms with van der Waals surface area (Å²) >= 11 is 1.06. The summed E-state index contributed by atoms with van der Waals surface area (Å²) in [6.07, 6.45) is 4.87. The lowest BCUT2D eigenvalue weighted by molar-refractivity contribution is 0.0475. The van der Waals surface area contributed by atoms with Gasteiger partial charge in [-0.05, 0) is 43.7 Å². The lowest BCUT2D eigenvalue weighted by Crippen LogP contribution is -2.45. The van der Waals surface area contributed by atoms with E-state index in [-0.39, 0.29) is 23.1 Å². The molecule has 3 aromatic rings. The zero-order valence-electron chi connectivity index (χ0n) is 17.5. The van der Waals surface area contributed by atoms with E-state index in [1.807, 2.05) is 10.7 Å². The molecule has 3 aromatic heterocycles. The summed E-state index contributed by atoms with van der Waals surface area (Å²) in [4.78, 5) is 11.4. The van der Waals surface area contributed by atoms with Gasteiger partial charge >= 0.3 is 6.55 Å². The Balaban J connectivity index is 1.35. The molecule has 1 fully saturated rings. The van der Waals surface area contributed by atoms with Crippen LogP contribution in [0.2, 0.25) is 0 Å². The highest BCUT2D eigenvalue weighted by Crippen LogP contribution is 2.48. The first kappa shape index (κ1) is 21.3. The van der Waals surface area contributed by atoms with E-state index in [0.29, 0.717) is 26.9 Å². The minimum atomic E-state index is -2.74. The van der Waals surface area contributed by atoms with Gasteiger partial charge in [0.15, 0.2) is 5.82 Å². The fourth-order valence-corrected chi connectivity index (χ4v) is 5.59. The van der Waals surface area contributed by atoms with Crippen LogP contribution in [-0.4, -0.2) is 47.7 Å². The Morgan fingerprint density at radius 2 is 1.97 bits per heavy atom. The van der Waals surface area contributed by atoms with Crippen LogP contribution in [0.15, 0.2) is 34.6 Å². The Morgan fingerprint density at radius 3 is 2.66 bits per heavy atom. The first-order valence-electron chi connectivity index (χ1n) is 10.4. The Morgan fingerprint density at radius 1 is 1.22 bits per heavy atom. The molecule has 9 nitrogen and oxygen atoms in total. The van der Waals surface area contributed by atoms with Gasteiger partial charge in [-0.1, -0.05) is 0 Å². The van der Waals surface area contributed by atoms with E-state index in [1.165, 1.54) is 12.3 Å². The third-order valence-electron chi connectivity index (χ3n) is 6.50. The maximum absolute atomic E-state index is 13.1. The number of aliphatic hydroxyl groups excluding tert-OH is 1. The monoisotopic (exact) mass is 462 g/mol. The predicted molar refractivity (Wildman–Crippen MR) is 113 cm³/mol. The van der Waals surface area contributed by atoms with Gasteiger partial charge in [-0.25, -0.2) is 9.97 Å². The lowest BCUT2D eigenvalue weighted by Gasteiger charge is -2.42. The first-order chi connectivity index (χ1) is 15.4. The highest BCUT2D eigenvalue weighted by atomic mass is 32.2. The van der Waals surface area contributed by atoms with Crippen molar-refractivity contribution < 1.29 is 13.9 Å². The van der Waals surface area contributed by atoms with E-state index >= 15 is 0 Å². The number of hydrogen-bond donors (Lipinski definition) is 2. The number of aryl methyl sites for hydroxylation is 1. The second kappa shape index (κ2) is 8.09. The summed E-state index contributed by atoms with van der Waals surface area (Å²) < 4.78 is 28.9. The number of piperidine rings is 1. The molecule has 3 N–H and O–H groups in total. The average Bonchev–Trinajstić information content (AvgIpc) is 3.49. The van der Waals surface area contributed by atoms with Crippen LogP contribution >= 0.6 is 11.8 Å². The maximum Gasteiger partial charge on any atom is 0.334 e. The fourth-order valence-electron chi connectivity index (χ4n) is 4.69. The van der Waals surface area contributed by atoms with E-state index in [2.05, 4.69) is 20.1 Å². The number of halogens is 2. The second-order valence-electron chi connectivity index (χ2n) is 8.28. The molecule has 1 atom stereocenters. The zero-order chi connectivity index (χ0) is 22.5. The van der Waals surface area contributed by atoms with Crippen LogP contribution in [0.5, 0.6) is 0 Å². The van der Waals surface area contributed by atoms with Gasteiger partial charge in [0.25, 0.3) is 0 Å². The Hall–Kier alpha value is -2.57. The number of anilines is 1. The Labute approximate surface area is 187 Å². The van der Waals surface area contributed by atoms with Gasteiger partial charge in [-0.2, -0.15) is 23.7 Å². The summed E-state index contributed by atoms with van der Waals surface area (Å²) in [5, 5.41) is 18.7. The number of hydrogen-bond acceptors (Lipinski definition) is 8. The van der Waals surface area contributed by atoms with Crippen LogP contribution < -0.4 is 10.6 Å². The molecule has 1 spiro atoms. The molecule has 0 unspecified atom stereocenters. The number of fused-ring (bicyclic) bond motifs is 1. The van der Waals surface area contributed by atoms with Crippen LogP contribution in [0.25, 0.3) is 0 Å². The van der Waals surface area contributed by atoms with Crippen LogP contribution in [0.3, 0.4) is 0 Å². The molecule has 2 aliphatic rings. The van der Waals surface area contributed by atoms with Crippen LogP contribution in [-0.2, 0) is 13.2 Å². The number of aromatic nitrogens is 6. The second-order valence-corrected chi connectivity index (χ2v) is 9.29. The summed E-state index contributed by atoms with van der Waals surface area (Å²) in [5.41, 5.74) is 8.67. The molecular weight excluding hydrogens is 438 g/mol. The largest absolute Gasteiger partial charge is 0.390 e. The highest BCUT2D eigenvalue weighted by Gasteiger charge is 2.47. The molecule has 0 bridgehead atoms. The molecule has 0 amide bonds. The summed E-state index contributed by atoms with van der Waals surface area (Å²) in [6, 6.07) is 3.45. The zero-order valence-corrected chi connectivity index (χ0v) is 18.3. The van der Waals surface area contributed by atoms with E-state index in [1.54, 1.807) is 13.1 Å². The first-order valence-corrected chi connectivity index (χ1v) is 11.2. The van der Waals surface area contributed by atoms with Gasteiger partial charge in [-0.3, -0.25) is 4.68 Å². The van der Waals surface area contributed by atoms with Gasteiger partial charge in [0.2, 0.25) is 0 Å². The maximum atomic E-state index is 13.1. The molecule has 1 saturated heterocycles. The van der Waals surface area contributed by atoms with Crippen molar-refractivity contribution in [3.05, 3.63) is 41.6 Å². The van der Waals surface area contributed by atoms with Crippen molar-refractivity contribution in [1.82, 2.24) is 29.5 Å². The van der Waals surface area contributed by atoms with Crippen molar-refractivity contribution in [3.8, 4) is 0 Å². The van der Waals surface area contributed by atoms with Crippen molar-refractivity contribution in [2.45, 2.75) is 55.6 Å². The normalized spacial score (nSPS) is 19.8. The minimum Gasteiger partial charge on any atom is -0.390 e. The predicted octanol–water partition coefficient (Wildman–Crippen LogP) is 2.52. The number of alkyl halides is 2. The third-order valence-corrected chi connectivity index (χ3v) is 7.61. The number of aliphatic hydroxyl groups is 1. The van der Waals surface area contributed by atoms with Crippen molar-refractivity contribution >= 4 is 17.6 Å². The van der Waals surface area contributed by atoms with Crippen molar-refractivity contribution in [3.63, 3.8) is 0 Å². The van der Waals surface area contributed by atoms with Gasteiger partial charge in [0, 0.05) is 31.2 Å². The average molecular weight is 463 g/mol. The number of nitrogens with zero attached hydrogens (tertiary/aromatic N) is 7. The van der Waals surface area contributed by atoms with Gasteiger partial charge in [0.1, 0.15) is 15.7 Å². The minimum absolute atomic E-state index is 0.0224.